The lowest BCUT2D eigenvalue weighted by Gasteiger charge is -2.20. The minimum atomic E-state index is -0.0679. The van der Waals surface area contributed by atoms with Crippen molar-refractivity contribution >= 4 is 23.2 Å². The Kier molecular flexibility index (Phi) is 7.75. The second kappa shape index (κ2) is 10.0. The van der Waals surface area contributed by atoms with Crippen molar-refractivity contribution in [3.8, 4) is 11.5 Å². The van der Waals surface area contributed by atoms with Gasteiger partial charge in [0.15, 0.2) is 0 Å². The van der Waals surface area contributed by atoms with Crippen molar-refractivity contribution in [2.24, 2.45) is 0 Å². The summed E-state index contributed by atoms with van der Waals surface area (Å²) in [7, 11) is 1.63. The number of amides is 1. The van der Waals surface area contributed by atoms with E-state index in [4.69, 9.17) is 21.1 Å². The van der Waals surface area contributed by atoms with Crippen LogP contribution in [0.3, 0.4) is 0 Å². The standard InChI is InChI=1S/C20H25ClN2O3/c1-4-23(11-12-26-18-9-7-17(25-3)8-10-18)14-20(24)22-19-13-16(21)6-5-15(19)2/h5-10,13H,4,11-12,14H2,1-3H3,(H,22,24). The van der Waals surface area contributed by atoms with Crippen LogP contribution in [0.25, 0.3) is 0 Å². The first-order valence-electron chi connectivity index (χ1n) is 8.57. The Balaban J connectivity index is 1.80. The highest BCUT2D eigenvalue weighted by Crippen LogP contribution is 2.20. The van der Waals surface area contributed by atoms with Crippen LogP contribution in [-0.2, 0) is 4.79 Å². The number of benzene rings is 2. The van der Waals surface area contributed by atoms with Gasteiger partial charge in [0.25, 0.3) is 0 Å². The number of aryl methyl sites for hydroxylation is 1. The monoisotopic (exact) mass is 376 g/mol. The smallest absolute Gasteiger partial charge is 0.238 e. The number of hydrogen-bond donors (Lipinski definition) is 1. The summed E-state index contributed by atoms with van der Waals surface area (Å²) in [4.78, 5) is 14.3. The number of rotatable bonds is 9. The first kappa shape index (κ1) is 20.1. The summed E-state index contributed by atoms with van der Waals surface area (Å²) in [6.07, 6.45) is 0. The van der Waals surface area contributed by atoms with Crippen LogP contribution in [0.4, 0.5) is 5.69 Å². The third-order valence-corrected chi connectivity index (χ3v) is 4.26. The molecule has 0 heterocycles. The number of likely N-dealkylation sites (N-methyl/N-ethyl adjacent to an activating group) is 1. The number of halogens is 1. The van der Waals surface area contributed by atoms with Crippen LogP contribution in [0.15, 0.2) is 42.5 Å². The Morgan fingerprint density at radius 2 is 1.85 bits per heavy atom. The minimum absolute atomic E-state index is 0.0679. The van der Waals surface area contributed by atoms with Crippen molar-refractivity contribution < 1.29 is 14.3 Å². The van der Waals surface area contributed by atoms with Gasteiger partial charge in [0.1, 0.15) is 18.1 Å². The molecule has 6 heteroatoms. The van der Waals surface area contributed by atoms with Crippen LogP contribution < -0.4 is 14.8 Å². The zero-order chi connectivity index (χ0) is 18.9. The van der Waals surface area contributed by atoms with Crippen molar-refractivity contribution in [3.63, 3.8) is 0 Å². The Hall–Kier alpha value is -2.24. The molecule has 2 aromatic carbocycles. The van der Waals surface area contributed by atoms with E-state index in [9.17, 15) is 4.79 Å². The number of nitrogens with one attached hydrogen (secondary N) is 1. The molecular weight excluding hydrogens is 352 g/mol. The summed E-state index contributed by atoms with van der Waals surface area (Å²) < 4.78 is 10.8. The molecule has 0 atom stereocenters. The zero-order valence-corrected chi connectivity index (χ0v) is 16.2. The maximum Gasteiger partial charge on any atom is 0.238 e. The van der Waals surface area contributed by atoms with Crippen LogP contribution in [0.2, 0.25) is 5.02 Å². The van der Waals surface area contributed by atoms with Crippen molar-refractivity contribution in [1.29, 1.82) is 0 Å². The van der Waals surface area contributed by atoms with Gasteiger partial charge in [0.05, 0.1) is 13.7 Å². The Labute approximate surface area is 159 Å². The second-order valence-electron chi connectivity index (χ2n) is 5.90. The molecule has 0 bridgehead atoms. The Bertz CT molecular complexity index is 719. The first-order chi connectivity index (χ1) is 12.5. The molecular formula is C20H25ClN2O3. The van der Waals surface area contributed by atoms with E-state index in [0.717, 1.165) is 29.3 Å². The molecule has 0 aliphatic rings. The van der Waals surface area contributed by atoms with Crippen LogP contribution in [0, 0.1) is 6.92 Å². The third-order valence-electron chi connectivity index (χ3n) is 4.02. The van der Waals surface area contributed by atoms with Gasteiger partial charge in [0.2, 0.25) is 5.91 Å². The van der Waals surface area contributed by atoms with E-state index in [1.54, 1.807) is 19.2 Å². The van der Waals surface area contributed by atoms with Crippen molar-refractivity contribution in [2.75, 3.05) is 38.7 Å². The van der Waals surface area contributed by atoms with Crippen LogP contribution in [-0.4, -0.2) is 44.2 Å². The number of hydrogen-bond acceptors (Lipinski definition) is 4. The van der Waals surface area contributed by atoms with E-state index < -0.39 is 0 Å². The molecule has 1 N–H and O–H groups in total. The van der Waals surface area contributed by atoms with Gasteiger partial charge in [0, 0.05) is 17.3 Å². The van der Waals surface area contributed by atoms with E-state index >= 15 is 0 Å². The van der Waals surface area contributed by atoms with Crippen molar-refractivity contribution in [2.45, 2.75) is 13.8 Å². The lowest BCUT2D eigenvalue weighted by Crippen LogP contribution is -2.36. The zero-order valence-electron chi connectivity index (χ0n) is 15.4. The summed E-state index contributed by atoms with van der Waals surface area (Å²) in [6.45, 7) is 6.17. The average molecular weight is 377 g/mol. The van der Waals surface area contributed by atoms with Gasteiger partial charge in [-0.05, 0) is 55.4 Å². The molecule has 0 fully saturated rings. The fraction of sp³-hybridized carbons (Fsp3) is 0.350. The molecule has 2 aromatic rings. The molecule has 0 radical (unpaired) electrons. The molecule has 0 aromatic heterocycles. The first-order valence-corrected chi connectivity index (χ1v) is 8.94. The number of carbonyl (C=O) groups excluding carboxylic acids is 1. The van der Waals surface area contributed by atoms with Crippen LogP contribution >= 0.6 is 11.6 Å². The van der Waals surface area contributed by atoms with E-state index in [1.807, 2.05) is 49.1 Å². The molecule has 2 rings (SSSR count). The Morgan fingerprint density at radius 1 is 1.15 bits per heavy atom. The van der Waals surface area contributed by atoms with Crippen LogP contribution in [0.5, 0.6) is 11.5 Å². The molecule has 0 aliphatic heterocycles. The SMILES string of the molecule is CCN(CCOc1ccc(OC)cc1)CC(=O)Nc1cc(Cl)ccc1C. The topological polar surface area (TPSA) is 50.8 Å². The summed E-state index contributed by atoms with van der Waals surface area (Å²) in [5.74, 6) is 1.50. The average Bonchev–Trinajstić information content (AvgIpc) is 2.64. The number of nitrogens with zero attached hydrogens (tertiary/aromatic N) is 1. The molecule has 5 nitrogen and oxygen atoms in total. The maximum atomic E-state index is 12.3. The molecule has 0 spiro atoms. The summed E-state index contributed by atoms with van der Waals surface area (Å²) in [5.41, 5.74) is 1.72. The van der Waals surface area contributed by atoms with Crippen molar-refractivity contribution in [1.82, 2.24) is 4.90 Å². The van der Waals surface area contributed by atoms with Gasteiger partial charge in [-0.25, -0.2) is 0 Å². The van der Waals surface area contributed by atoms with E-state index in [-0.39, 0.29) is 5.91 Å². The highest BCUT2D eigenvalue weighted by Gasteiger charge is 2.11. The molecule has 26 heavy (non-hydrogen) atoms. The predicted molar refractivity (Wildman–Crippen MR) is 105 cm³/mol. The van der Waals surface area contributed by atoms with E-state index in [1.165, 1.54) is 0 Å². The molecule has 0 aliphatic carbocycles. The summed E-state index contributed by atoms with van der Waals surface area (Å²) >= 11 is 5.99. The number of ether oxygens (including phenoxy) is 2. The summed E-state index contributed by atoms with van der Waals surface area (Å²) in [6, 6.07) is 12.9. The van der Waals surface area contributed by atoms with E-state index in [0.29, 0.717) is 24.7 Å². The van der Waals surface area contributed by atoms with Gasteiger partial charge in [-0.2, -0.15) is 0 Å². The predicted octanol–water partition coefficient (Wildman–Crippen LogP) is 4.00. The van der Waals surface area contributed by atoms with Gasteiger partial charge in [-0.1, -0.05) is 24.6 Å². The lowest BCUT2D eigenvalue weighted by atomic mass is 10.2. The highest BCUT2D eigenvalue weighted by molar-refractivity contribution is 6.31. The van der Waals surface area contributed by atoms with E-state index in [2.05, 4.69) is 5.32 Å². The van der Waals surface area contributed by atoms with Gasteiger partial charge in [-0.15, -0.1) is 0 Å². The lowest BCUT2D eigenvalue weighted by molar-refractivity contribution is -0.117. The number of methoxy groups -OCH3 is 1. The number of carbonyl (C=O) groups is 1. The van der Waals surface area contributed by atoms with Crippen molar-refractivity contribution in [3.05, 3.63) is 53.1 Å². The second-order valence-corrected chi connectivity index (χ2v) is 6.34. The van der Waals surface area contributed by atoms with Gasteiger partial charge in [-0.3, -0.25) is 9.69 Å². The normalized spacial score (nSPS) is 10.7. The minimum Gasteiger partial charge on any atom is -0.497 e. The summed E-state index contributed by atoms with van der Waals surface area (Å²) in [5, 5.41) is 3.52. The largest absolute Gasteiger partial charge is 0.497 e. The molecule has 0 saturated carbocycles. The third kappa shape index (κ3) is 6.24. The van der Waals surface area contributed by atoms with Gasteiger partial charge >= 0.3 is 0 Å². The molecule has 0 unspecified atom stereocenters. The Morgan fingerprint density at radius 3 is 2.50 bits per heavy atom. The fourth-order valence-corrected chi connectivity index (χ4v) is 2.61. The molecule has 0 saturated heterocycles. The molecule has 1 amide bonds. The van der Waals surface area contributed by atoms with Crippen LogP contribution in [0.1, 0.15) is 12.5 Å². The molecule has 140 valence electrons. The van der Waals surface area contributed by atoms with Gasteiger partial charge < -0.3 is 14.8 Å². The maximum absolute atomic E-state index is 12.3. The quantitative estimate of drug-likeness (QED) is 0.718. The highest BCUT2D eigenvalue weighted by atomic mass is 35.5. The number of anilines is 1. The fourth-order valence-electron chi connectivity index (χ4n) is 2.44.